The van der Waals surface area contributed by atoms with Crippen LogP contribution in [0, 0.1) is 6.92 Å². The van der Waals surface area contributed by atoms with Gasteiger partial charge in [0.15, 0.2) is 6.10 Å². The van der Waals surface area contributed by atoms with Crippen LogP contribution in [0.4, 0.5) is 0 Å². The van der Waals surface area contributed by atoms with Crippen LogP contribution in [-0.2, 0) is 0 Å². The molecule has 1 aromatic carbocycles. The predicted octanol–water partition coefficient (Wildman–Crippen LogP) is 4.75. The van der Waals surface area contributed by atoms with Crippen molar-refractivity contribution in [1.29, 1.82) is 0 Å². The molecule has 2 unspecified atom stereocenters. The van der Waals surface area contributed by atoms with Crippen molar-refractivity contribution < 1.29 is 9.15 Å². The number of aryl methyl sites for hydroxylation is 1. The zero-order valence-corrected chi connectivity index (χ0v) is 12.9. The lowest BCUT2D eigenvalue weighted by molar-refractivity contribution is 0.143. The topological polar surface area (TPSA) is 48.4 Å². The quantitative estimate of drug-likeness (QED) is 0.866. The summed E-state index contributed by atoms with van der Waals surface area (Å²) in [6.07, 6.45) is 0.354. The first-order valence-corrected chi connectivity index (χ1v) is 7.20. The molecule has 2 aromatic rings. The molecule has 0 aliphatic heterocycles. The molecule has 0 aliphatic carbocycles. The molecule has 0 amide bonds. The van der Waals surface area contributed by atoms with Crippen LogP contribution < -0.4 is 10.5 Å². The lowest BCUT2D eigenvalue weighted by atomic mass is 10.1. The Morgan fingerprint density at radius 1 is 1.25 bits per heavy atom. The minimum absolute atomic E-state index is 0.199. The second-order valence-electron chi connectivity index (χ2n) is 4.63. The van der Waals surface area contributed by atoms with Crippen LogP contribution in [0.5, 0.6) is 5.75 Å². The fourth-order valence-corrected chi connectivity index (χ4v) is 2.21. The number of furan rings is 1. The number of benzene rings is 1. The van der Waals surface area contributed by atoms with Gasteiger partial charge in [-0.25, -0.2) is 0 Å². The van der Waals surface area contributed by atoms with Crippen molar-refractivity contribution in [3.63, 3.8) is 0 Å². The van der Waals surface area contributed by atoms with Crippen LogP contribution in [0.2, 0.25) is 10.0 Å². The number of nitrogens with two attached hydrogens (primary N) is 1. The summed E-state index contributed by atoms with van der Waals surface area (Å²) in [6, 6.07) is 8.64. The number of halogens is 2. The molecule has 2 N–H and O–H groups in total. The van der Waals surface area contributed by atoms with E-state index in [9.17, 15) is 0 Å². The lowest BCUT2D eigenvalue weighted by Crippen LogP contribution is -2.31. The number of ether oxygens (including phenoxy) is 1. The molecular formula is C15H17Cl2NO2. The zero-order valence-electron chi connectivity index (χ0n) is 11.4. The summed E-state index contributed by atoms with van der Waals surface area (Å²) in [4.78, 5) is 0. The smallest absolute Gasteiger partial charge is 0.171 e. The van der Waals surface area contributed by atoms with E-state index < -0.39 is 6.10 Å². The fraction of sp³-hybridized carbons (Fsp3) is 0.333. The van der Waals surface area contributed by atoms with Gasteiger partial charge in [0.25, 0.3) is 0 Å². The summed E-state index contributed by atoms with van der Waals surface area (Å²) in [5.74, 6) is 2.00. The minimum atomic E-state index is -0.398. The molecule has 0 spiro atoms. The van der Waals surface area contributed by atoms with E-state index in [0.29, 0.717) is 21.6 Å². The Morgan fingerprint density at radius 3 is 2.60 bits per heavy atom. The standard InChI is InChI=1S/C15H17Cl2NO2/c1-3-12(18)15(13-7-4-9(2)19-13)20-14-8-10(16)5-6-11(14)17/h4-8,12,15H,3,18H2,1-2H3. The van der Waals surface area contributed by atoms with Gasteiger partial charge in [0.2, 0.25) is 0 Å². The maximum absolute atomic E-state index is 6.13. The molecule has 1 heterocycles. The van der Waals surface area contributed by atoms with E-state index in [2.05, 4.69) is 0 Å². The third-order valence-corrected chi connectivity index (χ3v) is 3.60. The SMILES string of the molecule is CCC(N)C(Oc1cc(Cl)ccc1Cl)c1ccc(C)o1. The average Bonchev–Trinajstić information content (AvgIpc) is 2.85. The zero-order chi connectivity index (χ0) is 14.7. The predicted molar refractivity (Wildman–Crippen MR) is 81.5 cm³/mol. The first-order chi connectivity index (χ1) is 9.51. The van der Waals surface area contributed by atoms with E-state index in [4.69, 9.17) is 38.1 Å². The van der Waals surface area contributed by atoms with Crippen molar-refractivity contribution in [2.45, 2.75) is 32.4 Å². The van der Waals surface area contributed by atoms with Crippen LogP contribution in [0.3, 0.4) is 0 Å². The molecule has 0 saturated heterocycles. The molecule has 0 fully saturated rings. The molecule has 1 aromatic heterocycles. The first kappa shape index (κ1) is 15.2. The normalized spacial score (nSPS) is 14.1. The van der Waals surface area contributed by atoms with Crippen molar-refractivity contribution >= 4 is 23.2 Å². The van der Waals surface area contributed by atoms with Crippen molar-refractivity contribution in [3.8, 4) is 5.75 Å². The van der Waals surface area contributed by atoms with Gasteiger partial charge in [0, 0.05) is 17.1 Å². The Morgan fingerprint density at radius 2 is 2.00 bits per heavy atom. The highest BCUT2D eigenvalue weighted by Gasteiger charge is 2.24. The van der Waals surface area contributed by atoms with Gasteiger partial charge in [-0.15, -0.1) is 0 Å². The van der Waals surface area contributed by atoms with Crippen LogP contribution in [0.25, 0.3) is 0 Å². The van der Waals surface area contributed by atoms with E-state index in [0.717, 1.165) is 12.2 Å². The Kier molecular flexibility index (Phi) is 4.97. The Bertz CT molecular complexity index is 583. The molecule has 0 saturated carbocycles. The summed E-state index contributed by atoms with van der Waals surface area (Å²) >= 11 is 12.1. The van der Waals surface area contributed by atoms with Crippen molar-refractivity contribution in [2.75, 3.05) is 0 Å². The number of rotatable bonds is 5. The van der Waals surface area contributed by atoms with Gasteiger partial charge in [-0.1, -0.05) is 30.1 Å². The lowest BCUT2D eigenvalue weighted by Gasteiger charge is -2.23. The fourth-order valence-electron chi connectivity index (χ4n) is 1.88. The first-order valence-electron chi connectivity index (χ1n) is 6.45. The van der Waals surface area contributed by atoms with Crippen LogP contribution in [-0.4, -0.2) is 6.04 Å². The molecule has 2 atom stereocenters. The summed E-state index contributed by atoms with van der Waals surface area (Å²) in [5, 5.41) is 1.05. The Balaban J connectivity index is 2.30. The van der Waals surface area contributed by atoms with Crippen molar-refractivity contribution in [2.24, 2.45) is 5.73 Å². The van der Waals surface area contributed by atoms with Gasteiger partial charge < -0.3 is 14.9 Å². The maximum Gasteiger partial charge on any atom is 0.171 e. The summed E-state index contributed by atoms with van der Waals surface area (Å²) in [5.41, 5.74) is 6.13. The third-order valence-electron chi connectivity index (χ3n) is 3.05. The molecule has 20 heavy (non-hydrogen) atoms. The highest BCUT2D eigenvalue weighted by atomic mass is 35.5. The monoisotopic (exact) mass is 313 g/mol. The molecule has 0 aliphatic rings. The van der Waals surface area contributed by atoms with Crippen molar-refractivity contribution in [1.82, 2.24) is 0 Å². The molecule has 5 heteroatoms. The van der Waals surface area contributed by atoms with Crippen LogP contribution in [0.15, 0.2) is 34.7 Å². The summed E-state index contributed by atoms with van der Waals surface area (Å²) in [7, 11) is 0. The second kappa shape index (κ2) is 6.53. The molecular weight excluding hydrogens is 297 g/mol. The summed E-state index contributed by atoms with van der Waals surface area (Å²) < 4.78 is 11.6. The van der Waals surface area contributed by atoms with Gasteiger partial charge in [-0.3, -0.25) is 0 Å². The van der Waals surface area contributed by atoms with Gasteiger partial charge in [0.1, 0.15) is 17.3 Å². The third kappa shape index (κ3) is 3.48. The maximum atomic E-state index is 6.13. The van der Waals surface area contributed by atoms with E-state index in [1.165, 1.54) is 0 Å². The van der Waals surface area contributed by atoms with E-state index in [1.54, 1.807) is 18.2 Å². The van der Waals surface area contributed by atoms with Crippen LogP contribution >= 0.6 is 23.2 Å². The van der Waals surface area contributed by atoms with E-state index in [-0.39, 0.29) is 6.04 Å². The Hall–Kier alpha value is -1.16. The highest BCUT2D eigenvalue weighted by molar-refractivity contribution is 6.34. The van der Waals surface area contributed by atoms with E-state index in [1.807, 2.05) is 26.0 Å². The van der Waals surface area contributed by atoms with Gasteiger partial charge in [-0.05, 0) is 37.6 Å². The molecule has 0 bridgehead atoms. The van der Waals surface area contributed by atoms with E-state index >= 15 is 0 Å². The second-order valence-corrected chi connectivity index (χ2v) is 5.48. The Labute approximate surface area is 128 Å². The van der Waals surface area contributed by atoms with Gasteiger partial charge in [-0.2, -0.15) is 0 Å². The number of hydrogen-bond acceptors (Lipinski definition) is 3. The van der Waals surface area contributed by atoms with Gasteiger partial charge in [0.05, 0.1) is 5.02 Å². The van der Waals surface area contributed by atoms with Crippen molar-refractivity contribution in [3.05, 3.63) is 51.9 Å². The molecule has 0 radical (unpaired) electrons. The molecule has 2 rings (SSSR count). The number of hydrogen-bond donors (Lipinski definition) is 1. The molecule has 3 nitrogen and oxygen atoms in total. The van der Waals surface area contributed by atoms with Crippen LogP contribution in [0.1, 0.15) is 31.0 Å². The average molecular weight is 314 g/mol. The largest absolute Gasteiger partial charge is 0.479 e. The minimum Gasteiger partial charge on any atom is -0.479 e. The highest BCUT2D eigenvalue weighted by Crippen LogP contribution is 2.33. The van der Waals surface area contributed by atoms with Gasteiger partial charge >= 0.3 is 0 Å². The molecule has 108 valence electrons. The summed E-state index contributed by atoms with van der Waals surface area (Å²) in [6.45, 7) is 3.88.